The topological polar surface area (TPSA) is 0 Å². The van der Waals surface area contributed by atoms with Gasteiger partial charge in [0.25, 0.3) is 0 Å². The van der Waals surface area contributed by atoms with Crippen molar-refractivity contribution in [2.45, 2.75) is 6.42 Å². The van der Waals surface area contributed by atoms with Crippen molar-refractivity contribution in [2.24, 2.45) is 75.4 Å². The zero-order valence-corrected chi connectivity index (χ0v) is 11.1. The normalized spacial score (nSPS) is 92.8. The Labute approximate surface area is 117 Å². The first-order valence-corrected chi connectivity index (χ1v) is 9.09. The largest absolute Gasteiger partial charge is 0.0806 e. The van der Waals surface area contributed by atoms with Gasteiger partial charge in [-0.25, -0.2) is 0 Å². The maximum absolute atomic E-state index is 2.91. The van der Waals surface area contributed by atoms with Gasteiger partial charge in [-0.1, -0.05) is 28.9 Å². The minimum Gasteiger partial charge on any atom is -0.0806 e. The van der Waals surface area contributed by atoms with E-state index in [1.165, 1.54) is 17.8 Å². The van der Waals surface area contributed by atoms with Gasteiger partial charge in [0.15, 0.2) is 0 Å². The summed E-state index contributed by atoms with van der Waals surface area (Å²) >= 11 is 0. The molecule has 10 aliphatic carbocycles. The summed E-state index contributed by atoms with van der Waals surface area (Å²) in [5.41, 5.74) is 10.6. The Balaban J connectivity index is 1.64. The Morgan fingerprint density at radius 2 is 2.05 bits per heavy atom. The molecule has 6 fully saturated rings. The van der Waals surface area contributed by atoms with E-state index in [-0.39, 0.29) is 0 Å². The van der Waals surface area contributed by atoms with Crippen LogP contribution in [0.2, 0.25) is 0 Å². The first kappa shape index (κ1) is 7.47. The van der Waals surface area contributed by atoms with E-state index in [1.54, 1.807) is 6.42 Å². The molecule has 6 bridgehead atoms. The quantitative estimate of drug-likeness (QED) is 0.583. The van der Waals surface area contributed by atoms with E-state index in [1.807, 2.05) is 11.1 Å². The van der Waals surface area contributed by atoms with Crippen LogP contribution in [0.15, 0.2) is 34.4 Å². The molecule has 0 heteroatoms. The number of hydrogen-bond acceptors (Lipinski definition) is 0. The molecule has 0 nitrogen and oxygen atoms in total. The van der Waals surface area contributed by atoms with Gasteiger partial charge in [0.05, 0.1) is 0 Å². The minimum atomic E-state index is 0.776. The molecule has 0 aromatic carbocycles. The van der Waals surface area contributed by atoms with Crippen molar-refractivity contribution in [3.8, 4) is 0 Å². The summed E-state index contributed by atoms with van der Waals surface area (Å²) in [4.78, 5) is 0. The summed E-state index contributed by atoms with van der Waals surface area (Å²) in [5.74, 6) is 11.3. The SMILES string of the molecule is C1=C2C3C4C5C6C7C=C8C6C56C1=C1CC2C2(C1C7C832)C46. The summed E-state index contributed by atoms with van der Waals surface area (Å²) < 4.78 is 0. The van der Waals surface area contributed by atoms with Crippen LogP contribution in [0, 0.1) is 75.4 Å². The van der Waals surface area contributed by atoms with Gasteiger partial charge in [-0.15, -0.1) is 0 Å². The standard InChI is InChI=1S/C20H14/c1-5-8-2-4-7(1)18-15-9-3-6-10(15)16(18)11-12(5)19(9)14(6)13(4)20(8,19)17(11)18/h1,3,6,8,10-17H,2H2. The second kappa shape index (κ2) is 1.40. The number of fused-ring (bicyclic) bond motifs is 9. The van der Waals surface area contributed by atoms with Crippen molar-refractivity contribution >= 4 is 0 Å². The molecule has 13 atom stereocenters. The number of hydrogen-bond donors (Lipinski definition) is 0. The van der Waals surface area contributed by atoms with Crippen LogP contribution in [-0.4, -0.2) is 0 Å². The van der Waals surface area contributed by atoms with Crippen LogP contribution < -0.4 is 0 Å². The second-order valence-electron chi connectivity index (χ2n) is 10.4. The van der Waals surface area contributed by atoms with Gasteiger partial charge in [0.1, 0.15) is 0 Å². The van der Waals surface area contributed by atoms with Gasteiger partial charge in [-0.2, -0.15) is 0 Å². The molecule has 0 N–H and O–H groups in total. The zero-order chi connectivity index (χ0) is 11.7. The van der Waals surface area contributed by atoms with Crippen LogP contribution in [0.1, 0.15) is 6.42 Å². The van der Waals surface area contributed by atoms with Gasteiger partial charge in [-0.05, 0) is 76.6 Å². The lowest BCUT2D eigenvalue weighted by Crippen LogP contribution is -2.87. The first-order valence-electron chi connectivity index (χ1n) is 9.09. The molecule has 20 heavy (non-hydrogen) atoms. The van der Waals surface area contributed by atoms with E-state index >= 15 is 0 Å². The Kier molecular flexibility index (Phi) is 0.521. The maximum atomic E-state index is 2.91. The lowest BCUT2D eigenvalue weighted by atomic mass is 9.13. The molecule has 0 aromatic heterocycles. The first-order chi connectivity index (χ1) is 9.92. The molecule has 94 valence electrons. The van der Waals surface area contributed by atoms with Crippen molar-refractivity contribution in [3.05, 3.63) is 34.4 Å². The molecule has 3 spiro atoms. The Hall–Kier alpha value is -0.780. The van der Waals surface area contributed by atoms with E-state index in [0.29, 0.717) is 0 Å². The van der Waals surface area contributed by atoms with Crippen LogP contribution in [-0.2, 0) is 0 Å². The Morgan fingerprint density at radius 1 is 1.05 bits per heavy atom. The minimum absolute atomic E-state index is 0.776. The number of allylic oxidation sites excluding steroid dienone is 6. The molecule has 0 saturated heterocycles. The summed E-state index contributed by atoms with van der Waals surface area (Å²) in [6, 6.07) is 0. The van der Waals surface area contributed by atoms with Gasteiger partial charge in [-0.3, -0.25) is 0 Å². The molecular weight excluding hydrogens is 240 g/mol. The fraction of sp³-hybridized carbons (Fsp3) is 0.700. The van der Waals surface area contributed by atoms with Crippen LogP contribution in [0.3, 0.4) is 0 Å². The van der Waals surface area contributed by atoms with Crippen LogP contribution in [0.5, 0.6) is 0 Å². The van der Waals surface area contributed by atoms with Crippen molar-refractivity contribution < 1.29 is 0 Å². The smallest absolute Gasteiger partial charge is 0.00946 e. The third kappa shape index (κ3) is 0.259. The highest BCUT2D eigenvalue weighted by Crippen LogP contribution is 3.13. The van der Waals surface area contributed by atoms with Gasteiger partial charge in [0.2, 0.25) is 0 Å². The van der Waals surface area contributed by atoms with Gasteiger partial charge in [0, 0.05) is 10.8 Å². The average molecular weight is 254 g/mol. The average Bonchev–Trinajstić information content (AvgIpc) is 2.87. The van der Waals surface area contributed by atoms with Crippen molar-refractivity contribution in [1.82, 2.24) is 0 Å². The molecule has 0 aromatic rings. The molecule has 6 saturated carbocycles. The molecule has 10 aliphatic rings. The van der Waals surface area contributed by atoms with Crippen LogP contribution in [0.25, 0.3) is 0 Å². The number of rotatable bonds is 0. The zero-order valence-electron chi connectivity index (χ0n) is 11.1. The van der Waals surface area contributed by atoms with Crippen molar-refractivity contribution in [2.75, 3.05) is 0 Å². The second-order valence-corrected chi connectivity index (χ2v) is 10.4. The summed E-state index contributed by atoms with van der Waals surface area (Å²) in [6.45, 7) is 0. The maximum Gasteiger partial charge on any atom is 0.00946 e. The molecule has 0 amide bonds. The predicted molar refractivity (Wildman–Crippen MR) is 70.0 cm³/mol. The Bertz CT molecular complexity index is 930. The summed E-state index contributed by atoms with van der Waals surface area (Å²) in [7, 11) is 0. The van der Waals surface area contributed by atoms with E-state index in [0.717, 1.165) is 57.7 Å². The lowest BCUT2D eigenvalue weighted by molar-refractivity contribution is -0.379. The highest BCUT2D eigenvalue weighted by atomic mass is 15.1. The van der Waals surface area contributed by atoms with E-state index in [9.17, 15) is 0 Å². The summed E-state index contributed by atoms with van der Waals surface area (Å²) in [6.07, 6.45) is 7.31. The predicted octanol–water partition coefficient (Wildman–Crippen LogP) is 2.80. The van der Waals surface area contributed by atoms with E-state index < -0.39 is 0 Å². The van der Waals surface area contributed by atoms with Crippen molar-refractivity contribution in [3.63, 3.8) is 0 Å². The van der Waals surface area contributed by atoms with Crippen LogP contribution >= 0.6 is 0 Å². The lowest BCUT2D eigenvalue weighted by Gasteiger charge is -2.89. The molecule has 0 aliphatic heterocycles. The molecule has 13 unspecified atom stereocenters. The highest BCUT2D eigenvalue weighted by Gasteiger charge is 3.09. The highest BCUT2D eigenvalue weighted by molar-refractivity contribution is 5.79. The molecule has 10 rings (SSSR count). The van der Waals surface area contributed by atoms with Gasteiger partial charge >= 0.3 is 0 Å². The summed E-state index contributed by atoms with van der Waals surface area (Å²) in [5, 5.41) is 0. The molecule has 0 heterocycles. The molecule has 0 radical (unpaired) electrons. The van der Waals surface area contributed by atoms with E-state index in [2.05, 4.69) is 23.3 Å². The molecular formula is C20H14. The van der Waals surface area contributed by atoms with Crippen molar-refractivity contribution in [1.29, 1.82) is 0 Å². The third-order valence-electron chi connectivity index (χ3n) is 12.0. The monoisotopic (exact) mass is 254 g/mol. The third-order valence-corrected chi connectivity index (χ3v) is 12.0. The fourth-order valence-corrected chi connectivity index (χ4v) is 13.4. The van der Waals surface area contributed by atoms with Crippen LogP contribution in [0.4, 0.5) is 0 Å². The fourth-order valence-electron chi connectivity index (χ4n) is 13.4. The van der Waals surface area contributed by atoms with Gasteiger partial charge < -0.3 is 0 Å². The van der Waals surface area contributed by atoms with E-state index in [4.69, 9.17) is 0 Å². The Morgan fingerprint density at radius 3 is 3.05 bits per heavy atom.